The van der Waals surface area contributed by atoms with E-state index in [1.165, 1.54) is 0 Å². The molecule has 0 saturated carbocycles. The van der Waals surface area contributed by atoms with Crippen molar-refractivity contribution in [1.82, 2.24) is 14.9 Å². The molecule has 3 rings (SSSR count). The molecule has 6 heteroatoms. The van der Waals surface area contributed by atoms with Crippen LogP contribution in [0.15, 0.2) is 12.1 Å². The van der Waals surface area contributed by atoms with Crippen LogP contribution in [0.2, 0.25) is 5.02 Å². The van der Waals surface area contributed by atoms with Crippen molar-refractivity contribution in [1.29, 1.82) is 0 Å². The van der Waals surface area contributed by atoms with Crippen LogP contribution in [0.1, 0.15) is 49.8 Å². The maximum Gasteiger partial charge on any atom is 0.251 e. The predicted molar refractivity (Wildman–Crippen MR) is 88.0 cm³/mol. The summed E-state index contributed by atoms with van der Waals surface area (Å²) in [5.41, 5.74) is 7.02. The summed E-state index contributed by atoms with van der Waals surface area (Å²) in [4.78, 5) is 22.1. The maximum absolute atomic E-state index is 11.6. The Kier molecular flexibility index (Phi) is 3.65. The molecule has 1 saturated heterocycles. The molecule has 1 aromatic heterocycles. The number of imidazole rings is 1. The summed E-state index contributed by atoms with van der Waals surface area (Å²) in [5, 5.41) is 0.480. The Balaban J connectivity index is 2.17. The zero-order valence-electron chi connectivity index (χ0n) is 13.1. The number of halogens is 1. The lowest BCUT2D eigenvalue weighted by atomic mass is 9.97. The molecule has 0 aliphatic carbocycles. The quantitative estimate of drug-likeness (QED) is 0.912. The number of hydrogen-bond donors (Lipinski definition) is 2. The van der Waals surface area contributed by atoms with Gasteiger partial charge in [0.15, 0.2) is 0 Å². The number of likely N-dealkylation sites (tertiary alicyclic amines) is 1. The Labute approximate surface area is 134 Å². The summed E-state index contributed by atoms with van der Waals surface area (Å²) in [5.74, 6) is 0.362. The van der Waals surface area contributed by atoms with Crippen molar-refractivity contribution in [2.24, 2.45) is 5.73 Å². The van der Waals surface area contributed by atoms with E-state index in [-0.39, 0.29) is 5.54 Å². The van der Waals surface area contributed by atoms with E-state index in [0.717, 1.165) is 30.7 Å². The SMILES string of the molecule is CC(C)N1CCC[C@]1(C)c1nc2c(C(N)=O)cc(Cl)cc2[nH]1. The summed E-state index contributed by atoms with van der Waals surface area (Å²) in [6.45, 7) is 7.63. The Morgan fingerprint density at radius 2 is 2.23 bits per heavy atom. The lowest BCUT2D eigenvalue weighted by Gasteiger charge is -2.36. The number of primary amides is 1. The van der Waals surface area contributed by atoms with Crippen LogP contribution in [0.4, 0.5) is 0 Å². The topological polar surface area (TPSA) is 75.0 Å². The van der Waals surface area contributed by atoms with Crippen LogP contribution in [0.3, 0.4) is 0 Å². The van der Waals surface area contributed by atoms with Gasteiger partial charge in [-0.25, -0.2) is 4.98 Å². The highest BCUT2D eigenvalue weighted by molar-refractivity contribution is 6.32. The third-order valence-corrected chi connectivity index (χ3v) is 4.87. The third-order valence-electron chi connectivity index (χ3n) is 4.65. The summed E-state index contributed by atoms with van der Waals surface area (Å²) in [6.07, 6.45) is 2.17. The van der Waals surface area contributed by atoms with Crippen LogP contribution in [0, 0.1) is 0 Å². The lowest BCUT2D eigenvalue weighted by molar-refractivity contribution is 0.100. The maximum atomic E-state index is 11.6. The van der Waals surface area contributed by atoms with Gasteiger partial charge in [0, 0.05) is 11.1 Å². The minimum atomic E-state index is -0.511. The van der Waals surface area contributed by atoms with Crippen LogP contribution in [-0.4, -0.2) is 33.4 Å². The van der Waals surface area contributed by atoms with Crippen molar-refractivity contribution in [2.45, 2.75) is 45.2 Å². The van der Waals surface area contributed by atoms with Gasteiger partial charge in [-0.05, 0) is 52.3 Å². The lowest BCUT2D eigenvalue weighted by Crippen LogP contribution is -2.43. The van der Waals surface area contributed by atoms with E-state index < -0.39 is 5.91 Å². The number of rotatable bonds is 3. The van der Waals surface area contributed by atoms with Gasteiger partial charge in [-0.15, -0.1) is 0 Å². The molecule has 5 nitrogen and oxygen atoms in total. The molecule has 1 fully saturated rings. The number of amides is 1. The molecule has 118 valence electrons. The highest BCUT2D eigenvalue weighted by Crippen LogP contribution is 2.39. The first-order chi connectivity index (χ1) is 10.3. The smallest absolute Gasteiger partial charge is 0.251 e. The number of hydrogen-bond acceptors (Lipinski definition) is 3. The van der Waals surface area contributed by atoms with E-state index in [9.17, 15) is 4.79 Å². The van der Waals surface area contributed by atoms with Crippen molar-refractivity contribution in [3.63, 3.8) is 0 Å². The van der Waals surface area contributed by atoms with Gasteiger partial charge in [-0.3, -0.25) is 9.69 Å². The number of benzene rings is 1. The Morgan fingerprint density at radius 3 is 2.86 bits per heavy atom. The van der Waals surface area contributed by atoms with Gasteiger partial charge in [0.1, 0.15) is 11.3 Å². The highest BCUT2D eigenvalue weighted by atomic mass is 35.5. The molecule has 0 spiro atoms. The van der Waals surface area contributed by atoms with E-state index in [1.807, 2.05) is 0 Å². The molecule has 1 aliphatic heterocycles. The summed E-state index contributed by atoms with van der Waals surface area (Å²) in [6, 6.07) is 3.80. The summed E-state index contributed by atoms with van der Waals surface area (Å²) >= 11 is 6.08. The van der Waals surface area contributed by atoms with E-state index in [2.05, 4.69) is 30.7 Å². The van der Waals surface area contributed by atoms with Gasteiger partial charge in [-0.2, -0.15) is 0 Å². The van der Waals surface area contributed by atoms with Crippen LogP contribution >= 0.6 is 11.6 Å². The van der Waals surface area contributed by atoms with E-state index in [4.69, 9.17) is 22.3 Å². The van der Waals surface area contributed by atoms with Gasteiger partial charge in [0.25, 0.3) is 5.91 Å². The first kappa shape index (κ1) is 15.3. The number of carbonyl (C=O) groups is 1. The number of aromatic nitrogens is 2. The van der Waals surface area contributed by atoms with Gasteiger partial charge >= 0.3 is 0 Å². The summed E-state index contributed by atoms with van der Waals surface area (Å²) < 4.78 is 0. The predicted octanol–water partition coefficient (Wildman–Crippen LogP) is 3.03. The second-order valence-corrected chi connectivity index (χ2v) is 6.90. The van der Waals surface area contributed by atoms with Crippen molar-refractivity contribution in [2.75, 3.05) is 6.54 Å². The molecule has 3 N–H and O–H groups in total. The van der Waals surface area contributed by atoms with Crippen LogP contribution in [0.5, 0.6) is 0 Å². The Morgan fingerprint density at radius 1 is 1.50 bits per heavy atom. The number of nitrogens with zero attached hydrogens (tertiary/aromatic N) is 2. The van der Waals surface area contributed by atoms with Crippen molar-refractivity contribution < 1.29 is 4.79 Å². The number of nitrogens with one attached hydrogen (secondary N) is 1. The number of aromatic amines is 1. The van der Waals surface area contributed by atoms with Crippen LogP contribution < -0.4 is 5.73 Å². The van der Waals surface area contributed by atoms with E-state index >= 15 is 0 Å². The fraction of sp³-hybridized carbons (Fsp3) is 0.500. The molecule has 1 atom stereocenters. The first-order valence-corrected chi connectivity index (χ1v) is 7.97. The highest BCUT2D eigenvalue weighted by Gasteiger charge is 2.42. The van der Waals surface area contributed by atoms with Crippen LogP contribution in [-0.2, 0) is 5.54 Å². The van der Waals surface area contributed by atoms with Crippen LogP contribution in [0.25, 0.3) is 11.0 Å². The van der Waals surface area contributed by atoms with Crippen molar-refractivity contribution in [3.8, 4) is 0 Å². The fourth-order valence-corrected chi connectivity index (χ4v) is 3.81. The average Bonchev–Trinajstić information content (AvgIpc) is 3.01. The minimum Gasteiger partial charge on any atom is -0.366 e. The summed E-state index contributed by atoms with van der Waals surface area (Å²) in [7, 11) is 0. The third kappa shape index (κ3) is 2.29. The standard InChI is InChI=1S/C16H21ClN4O/c1-9(2)21-6-4-5-16(21,3)15-19-12-8-10(17)7-11(14(18)22)13(12)20-15/h7-9H,4-6H2,1-3H3,(H2,18,22)(H,19,20)/t16-/m1/s1. The molecule has 22 heavy (non-hydrogen) atoms. The van der Waals surface area contributed by atoms with E-state index in [1.54, 1.807) is 12.1 Å². The second kappa shape index (κ2) is 5.25. The van der Waals surface area contributed by atoms with Gasteiger partial charge in [0.05, 0.1) is 16.6 Å². The molecule has 1 aliphatic rings. The molecule has 2 aromatic rings. The zero-order chi connectivity index (χ0) is 16.1. The number of fused-ring (bicyclic) bond motifs is 1. The number of carbonyl (C=O) groups excluding carboxylic acids is 1. The van der Waals surface area contributed by atoms with Gasteiger partial charge in [-0.1, -0.05) is 11.6 Å². The van der Waals surface area contributed by atoms with Crippen molar-refractivity contribution in [3.05, 3.63) is 28.5 Å². The van der Waals surface area contributed by atoms with Gasteiger partial charge in [0.2, 0.25) is 0 Å². The molecule has 1 aromatic carbocycles. The molecular formula is C16H21ClN4O. The minimum absolute atomic E-state index is 0.158. The Bertz CT molecular complexity index is 739. The van der Waals surface area contributed by atoms with E-state index in [0.29, 0.717) is 22.1 Å². The average molecular weight is 321 g/mol. The molecule has 0 unspecified atom stereocenters. The molecule has 1 amide bonds. The fourth-order valence-electron chi connectivity index (χ4n) is 3.59. The zero-order valence-corrected chi connectivity index (χ0v) is 13.9. The molecule has 2 heterocycles. The number of nitrogens with two attached hydrogens (primary N) is 1. The second-order valence-electron chi connectivity index (χ2n) is 6.46. The van der Waals surface area contributed by atoms with Gasteiger partial charge < -0.3 is 10.7 Å². The Hall–Kier alpha value is -1.59. The molecule has 0 radical (unpaired) electrons. The molecular weight excluding hydrogens is 300 g/mol. The monoisotopic (exact) mass is 320 g/mol. The largest absolute Gasteiger partial charge is 0.366 e. The normalized spacial score (nSPS) is 22.8. The van der Waals surface area contributed by atoms with Crippen molar-refractivity contribution >= 4 is 28.5 Å². The number of H-pyrrole nitrogens is 1. The molecule has 0 bridgehead atoms. The first-order valence-electron chi connectivity index (χ1n) is 7.59.